The van der Waals surface area contributed by atoms with E-state index >= 15 is 0 Å². The van der Waals surface area contributed by atoms with Crippen LogP contribution in [0.5, 0.6) is 5.75 Å². The first kappa shape index (κ1) is 23.6. The summed E-state index contributed by atoms with van der Waals surface area (Å²) < 4.78 is 9.16. The van der Waals surface area contributed by atoms with Gasteiger partial charge in [-0.1, -0.05) is 36.0 Å². The molecule has 4 rings (SSSR count). The van der Waals surface area contributed by atoms with Crippen molar-refractivity contribution in [2.75, 3.05) is 18.2 Å². The molecule has 0 unspecified atom stereocenters. The number of hydrogen-bond acceptors (Lipinski definition) is 6. The second-order valence-electron chi connectivity index (χ2n) is 7.93. The lowest BCUT2D eigenvalue weighted by Crippen LogP contribution is -2.15. The zero-order chi connectivity index (χ0) is 24.2. The Labute approximate surface area is 203 Å². The Hall–Kier alpha value is -3.59. The number of anilines is 1. The molecule has 0 aliphatic rings. The van der Waals surface area contributed by atoms with Crippen LogP contribution in [0, 0.1) is 13.8 Å². The predicted molar refractivity (Wildman–Crippen MR) is 135 cm³/mol. The Kier molecular flexibility index (Phi) is 7.02. The number of nitrogens with one attached hydrogen (secondary N) is 1. The van der Waals surface area contributed by atoms with Gasteiger partial charge in [0.25, 0.3) is 0 Å². The third-order valence-electron chi connectivity index (χ3n) is 5.66. The number of carbonyl (C=O) groups excluding carboxylic acids is 1. The van der Waals surface area contributed by atoms with E-state index in [-0.39, 0.29) is 11.7 Å². The van der Waals surface area contributed by atoms with Gasteiger partial charge in [-0.2, -0.15) is 5.10 Å². The van der Waals surface area contributed by atoms with Gasteiger partial charge < -0.3 is 14.6 Å². The normalized spacial score (nSPS) is 11.0. The van der Waals surface area contributed by atoms with Crippen LogP contribution in [-0.4, -0.2) is 43.3 Å². The van der Waals surface area contributed by atoms with Crippen molar-refractivity contribution in [3.63, 3.8) is 0 Å². The quantitative estimate of drug-likeness (QED) is 0.370. The number of ether oxygens (including phenoxy) is 1. The highest BCUT2D eigenvalue weighted by Crippen LogP contribution is 2.33. The average molecular weight is 477 g/mol. The Morgan fingerprint density at radius 2 is 1.94 bits per heavy atom. The van der Waals surface area contributed by atoms with Crippen LogP contribution < -0.4 is 10.1 Å². The minimum Gasteiger partial charge on any atom is -0.497 e. The molecule has 2 heterocycles. The topological polar surface area (TPSA) is 86.9 Å². The zero-order valence-electron chi connectivity index (χ0n) is 20.0. The molecule has 1 N–H and O–H groups in total. The van der Waals surface area contributed by atoms with Gasteiger partial charge in [-0.25, -0.2) is 0 Å². The zero-order valence-corrected chi connectivity index (χ0v) is 20.8. The number of rotatable bonds is 8. The number of thioether (sulfide) groups is 1. The van der Waals surface area contributed by atoms with Crippen molar-refractivity contribution in [3.8, 4) is 28.4 Å². The first-order chi connectivity index (χ1) is 16.4. The molecule has 0 atom stereocenters. The van der Waals surface area contributed by atoms with Crippen molar-refractivity contribution in [2.45, 2.75) is 32.5 Å². The standard InChI is InChI=1S/C25H28N6O2S/c1-6-31-24(20-14-30(4)29-23(20)18-10-8-11-19(13-18)33-5)27-28-25(31)34-15-22(32)26-21-12-7-9-16(2)17(21)3/h7-14H,6,15H2,1-5H3,(H,26,32). The van der Waals surface area contributed by atoms with Crippen LogP contribution in [-0.2, 0) is 18.4 Å². The van der Waals surface area contributed by atoms with E-state index in [4.69, 9.17) is 4.74 Å². The van der Waals surface area contributed by atoms with Crippen molar-refractivity contribution in [2.24, 2.45) is 7.05 Å². The predicted octanol–water partition coefficient (Wildman–Crippen LogP) is 4.72. The van der Waals surface area contributed by atoms with Crippen LogP contribution in [0.25, 0.3) is 22.6 Å². The van der Waals surface area contributed by atoms with Crippen LogP contribution in [0.15, 0.2) is 53.8 Å². The number of carbonyl (C=O) groups is 1. The average Bonchev–Trinajstić information content (AvgIpc) is 3.43. The summed E-state index contributed by atoms with van der Waals surface area (Å²) in [4.78, 5) is 12.6. The number of methoxy groups -OCH3 is 1. The second-order valence-corrected chi connectivity index (χ2v) is 8.87. The number of hydrogen-bond donors (Lipinski definition) is 1. The Balaban J connectivity index is 1.57. The molecule has 2 aromatic carbocycles. The monoisotopic (exact) mass is 476 g/mol. The fraction of sp³-hybridized carbons (Fsp3) is 0.280. The number of amides is 1. The molecule has 0 fully saturated rings. The summed E-state index contributed by atoms with van der Waals surface area (Å²) in [7, 11) is 3.53. The minimum absolute atomic E-state index is 0.0793. The molecule has 0 saturated carbocycles. The first-order valence-corrected chi connectivity index (χ1v) is 12.0. The van der Waals surface area contributed by atoms with E-state index in [0.717, 1.165) is 39.4 Å². The number of aromatic nitrogens is 5. The van der Waals surface area contributed by atoms with E-state index < -0.39 is 0 Å². The molecule has 1 amide bonds. The molecule has 0 radical (unpaired) electrons. The molecule has 0 saturated heterocycles. The molecular weight excluding hydrogens is 448 g/mol. The highest BCUT2D eigenvalue weighted by Gasteiger charge is 2.21. The van der Waals surface area contributed by atoms with Gasteiger partial charge in [0.05, 0.1) is 18.4 Å². The van der Waals surface area contributed by atoms with Crippen LogP contribution in [0.3, 0.4) is 0 Å². The van der Waals surface area contributed by atoms with E-state index in [1.807, 2.05) is 81.0 Å². The van der Waals surface area contributed by atoms with Crippen molar-refractivity contribution < 1.29 is 9.53 Å². The van der Waals surface area contributed by atoms with Gasteiger partial charge in [-0.05, 0) is 50.1 Å². The molecule has 0 spiro atoms. The van der Waals surface area contributed by atoms with Crippen molar-refractivity contribution in [1.29, 1.82) is 0 Å². The number of aryl methyl sites for hydroxylation is 2. The maximum Gasteiger partial charge on any atom is 0.234 e. The largest absolute Gasteiger partial charge is 0.497 e. The molecule has 0 aliphatic heterocycles. The lowest BCUT2D eigenvalue weighted by molar-refractivity contribution is -0.113. The van der Waals surface area contributed by atoms with Gasteiger partial charge in [0.2, 0.25) is 5.91 Å². The molecule has 0 aliphatic carbocycles. The van der Waals surface area contributed by atoms with Crippen LogP contribution in [0.1, 0.15) is 18.1 Å². The lowest BCUT2D eigenvalue weighted by atomic mass is 10.1. The van der Waals surface area contributed by atoms with E-state index in [9.17, 15) is 4.79 Å². The highest BCUT2D eigenvalue weighted by atomic mass is 32.2. The lowest BCUT2D eigenvalue weighted by Gasteiger charge is -2.10. The summed E-state index contributed by atoms with van der Waals surface area (Å²) in [5.74, 6) is 1.63. The molecular formula is C25H28N6O2S. The summed E-state index contributed by atoms with van der Waals surface area (Å²) in [5.41, 5.74) is 5.65. The van der Waals surface area contributed by atoms with Gasteiger partial charge in [-0.3, -0.25) is 9.48 Å². The van der Waals surface area contributed by atoms with E-state index in [1.165, 1.54) is 11.8 Å². The number of nitrogens with zero attached hydrogens (tertiary/aromatic N) is 5. The summed E-state index contributed by atoms with van der Waals surface area (Å²) in [6.45, 7) is 6.74. The number of benzene rings is 2. The van der Waals surface area contributed by atoms with E-state index in [2.05, 4.69) is 20.6 Å². The first-order valence-electron chi connectivity index (χ1n) is 11.0. The molecule has 8 nitrogen and oxygen atoms in total. The molecule has 176 valence electrons. The maximum absolute atomic E-state index is 12.6. The smallest absolute Gasteiger partial charge is 0.234 e. The molecule has 2 aromatic heterocycles. The summed E-state index contributed by atoms with van der Waals surface area (Å²) in [5, 5.41) is 17.2. The maximum atomic E-state index is 12.6. The molecule has 9 heteroatoms. The molecule has 4 aromatic rings. The minimum atomic E-state index is -0.0793. The fourth-order valence-corrected chi connectivity index (χ4v) is 4.52. The Bertz CT molecular complexity index is 1330. The highest BCUT2D eigenvalue weighted by molar-refractivity contribution is 7.99. The summed E-state index contributed by atoms with van der Waals surface area (Å²) >= 11 is 1.37. The van der Waals surface area contributed by atoms with Crippen molar-refractivity contribution >= 4 is 23.4 Å². The van der Waals surface area contributed by atoms with Gasteiger partial charge in [0, 0.05) is 31.0 Å². The van der Waals surface area contributed by atoms with E-state index in [1.54, 1.807) is 11.8 Å². The third kappa shape index (κ3) is 4.84. The van der Waals surface area contributed by atoms with Crippen LogP contribution in [0.2, 0.25) is 0 Å². The van der Waals surface area contributed by atoms with Gasteiger partial charge in [0.15, 0.2) is 11.0 Å². The molecule has 0 bridgehead atoms. The van der Waals surface area contributed by atoms with Crippen molar-refractivity contribution in [3.05, 3.63) is 59.8 Å². The third-order valence-corrected chi connectivity index (χ3v) is 6.62. The summed E-state index contributed by atoms with van der Waals surface area (Å²) in [6.07, 6.45) is 1.94. The second kappa shape index (κ2) is 10.1. The van der Waals surface area contributed by atoms with Gasteiger partial charge in [-0.15, -0.1) is 10.2 Å². The van der Waals surface area contributed by atoms with Gasteiger partial charge >= 0.3 is 0 Å². The summed E-state index contributed by atoms with van der Waals surface area (Å²) in [6, 6.07) is 13.7. The molecule has 34 heavy (non-hydrogen) atoms. The Morgan fingerprint density at radius 1 is 1.15 bits per heavy atom. The van der Waals surface area contributed by atoms with Crippen LogP contribution >= 0.6 is 11.8 Å². The van der Waals surface area contributed by atoms with Gasteiger partial charge in [0.1, 0.15) is 11.4 Å². The fourth-order valence-electron chi connectivity index (χ4n) is 3.72. The SMILES string of the molecule is CCn1c(SCC(=O)Nc2cccc(C)c2C)nnc1-c1cn(C)nc1-c1cccc(OC)c1. The van der Waals surface area contributed by atoms with Crippen molar-refractivity contribution in [1.82, 2.24) is 24.5 Å². The van der Waals surface area contributed by atoms with Crippen LogP contribution in [0.4, 0.5) is 5.69 Å². The van der Waals surface area contributed by atoms with E-state index in [0.29, 0.717) is 17.5 Å². The Morgan fingerprint density at radius 3 is 2.71 bits per heavy atom.